The zero-order valence-electron chi connectivity index (χ0n) is 19.5. The number of fused-ring (bicyclic) bond motifs is 2. The first kappa shape index (κ1) is 22.3. The number of ether oxygens (including phenoxy) is 1. The van der Waals surface area contributed by atoms with Crippen LogP contribution in [0.2, 0.25) is 0 Å². The van der Waals surface area contributed by atoms with Crippen LogP contribution in [0.1, 0.15) is 18.1 Å². The number of nitro groups is 2. The molecular weight excluding hydrogens is 448 g/mol. The zero-order valence-corrected chi connectivity index (χ0v) is 19.5. The molecule has 2 aliphatic heterocycles. The highest BCUT2D eigenvalue weighted by atomic mass is 16.6. The Hall–Kier alpha value is -4.53. The monoisotopic (exact) mass is 471 g/mol. The first-order valence-electron chi connectivity index (χ1n) is 11.0. The van der Waals surface area contributed by atoms with E-state index in [0.717, 1.165) is 34.0 Å². The number of allylic oxidation sites excluding steroid dienone is 1. The molecule has 5 rings (SSSR count). The van der Waals surface area contributed by atoms with Crippen LogP contribution < -0.4 is 9.64 Å². The van der Waals surface area contributed by atoms with Gasteiger partial charge < -0.3 is 9.64 Å². The van der Waals surface area contributed by atoms with Gasteiger partial charge in [0.15, 0.2) is 11.5 Å². The van der Waals surface area contributed by atoms with E-state index >= 15 is 0 Å². The Kier molecular flexibility index (Phi) is 5.12. The SMILES string of the molecule is CN1/C(=C/C2=[N+](C)c3ccc([N+](=O)[O-])cc3C2(C)Cc2ccc([N+](=O)[O-])cc2)Oc2ccccc21. The molecule has 0 spiro atoms. The normalized spacial score (nSPS) is 19.5. The smallest absolute Gasteiger partial charge is 0.270 e. The molecule has 176 valence electrons. The molecule has 1 atom stereocenters. The number of nitrogens with zero attached hydrogens (tertiary/aromatic N) is 4. The highest BCUT2D eigenvalue weighted by molar-refractivity contribution is 6.04. The lowest BCUT2D eigenvalue weighted by atomic mass is 9.74. The molecule has 0 radical (unpaired) electrons. The highest BCUT2D eigenvalue weighted by Gasteiger charge is 2.48. The Morgan fingerprint density at radius 3 is 2.31 bits per heavy atom. The van der Waals surface area contributed by atoms with Gasteiger partial charge in [0, 0.05) is 42.9 Å². The summed E-state index contributed by atoms with van der Waals surface area (Å²) in [6.45, 7) is 2.04. The number of para-hydroxylation sites is 2. The van der Waals surface area contributed by atoms with Crippen LogP contribution in [0.25, 0.3) is 0 Å². The number of nitro benzene ring substituents is 2. The number of hydrogen-bond donors (Lipinski definition) is 0. The molecule has 0 N–H and O–H groups in total. The van der Waals surface area contributed by atoms with Gasteiger partial charge in [0.2, 0.25) is 11.6 Å². The Bertz CT molecular complexity index is 1440. The first-order chi connectivity index (χ1) is 16.7. The van der Waals surface area contributed by atoms with Gasteiger partial charge in [-0.3, -0.25) is 20.2 Å². The van der Waals surface area contributed by atoms with Crippen molar-refractivity contribution in [3.8, 4) is 5.75 Å². The molecule has 35 heavy (non-hydrogen) atoms. The molecule has 3 aromatic rings. The average molecular weight is 471 g/mol. The van der Waals surface area contributed by atoms with Crippen molar-refractivity contribution in [3.63, 3.8) is 0 Å². The van der Waals surface area contributed by atoms with Crippen LogP contribution >= 0.6 is 0 Å². The molecule has 9 nitrogen and oxygen atoms in total. The average Bonchev–Trinajstić information content (AvgIpc) is 3.26. The minimum Gasteiger partial charge on any atom is -0.438 e. The summed E-state index contributed by atoms with van der Waals surface area (Å²) in [5, 5.41) is 22.7. The van der Waals surface area contributed by atoms with Crippen LogP contribution in [-0.2, 0) is 11.8 Å². The van der Waals surface area contributed by atoms with E-state index < -0.39 is 15.3 Å². The van der Waals surface area contributed by atoms with Gasteiger partial charge in [-0.05, 0) is 31.0 Å². The van der Waals surface area contributed by atoms with E-state index in [1.54, 1.807) is 24.3 Å². The summed E-state index contributed by atoms with van der Waals surface area (Å²) >= 11 is 0. The maximum atomic E-state index is 11.6. The van der Waals surface area contributed by atoms with E-state index in [9.17, 15) is 20.2 Å². The maximum absolute atomic E-state index is 11.6. The number of rotatable bonds is 5. The van der Waals surface area contributed by atoms with Crippen molar-refractivity contribution < 1.29 is 19.2 Å². The van der Waals surface area contributed by atoms with Crippen LogP contribution in [0, 0.1) is 20.2 Å². The highest BCUT2D eigenvalue weighted by Crippen LogP contribution is 2.45. The molecule has 0 saturated carbocycles. The van der Waals surface area contributed by atoms with Crippen molar-refractivity contribution in [2.24, 2.45) is 0 Å². The number of anilines is 1. The molecule has 0 amide bonds. The van der Waals surface area contributed by atoms with Crippen molar-refractivity contribution in [1.82, 2.24) is 0 Å². The van der Waals surface area contributed by atoms with Crippen LogP contribution in [-0.4, -0.2) is 34.2 Å². The Labute approximate surface area is 201 Å². The van der Waals surface area contributed by atoms with Crippen LogP contribution in [0.3, 0.4) is 0 Å². The quantitative estimate of drug-likeness (QED) is 0.291. The molecule has 0 aliphatic carbocycles. The molecule has 0 saturated heterocycles. The van der Waals surface area contributed by atoms with E-state index in [0.29, 0.717) is 12.3 Å². The second-order valence-corrected chi connectivity index (χ2v) is 8.95. The van der Waals surface area contributed by atoms with Gasteiger partial charge in [-0.25, -0.2) is 0 Å². The number of benzene rings is 3. The Morgan fingerprint density at radius 1 is 1.00 bits per heavy atom. The second kappa shape index (κ2) is 8.05. The van der Waals surface area contributed by atoms with Crippen molar-refractivity contribution in [2.75, 3.05) is 19.0 Å². The fourth-order valence-corrected chi connectivity index (χ4v) is 4.96. The molecule has 0 fully saturated rings. The summed E-state index contributed by atoms with van der Waals surface area (Å²) in [5.41, 5.74) is 3.80. The fraction of sp³-hybridized carbons (Fsp3) is 0.192. The predicted octanol–water partition coefficient (Wildman–Crippen LogP) is 5.10. The van der Waals surface area contributed by atoms with Crippen molar-refractivity contribution >= 4 is 28.5 Å². The summed E-state index contributed by atoms with van der Waals surface area (Å²) in [6.07, 6.45) is 2.45. The largest absolute Gasteiger partial charge is 0.438 e. The Morgan fingerprint density at radius 2 is 1.66 bits per heavy atom. The third kappa shape index (κ3) is 3.61. The second-order valence-electron chi connectivity index (χ2n) is 8.95. The third-order valence-corrected chi connectivity index (χ3v) is 6.81. The summed E-state index contributed by atoms with van der Waals surface area (Å²) in [6, 6.07) is 19.1. The number of non-ortho nitro benzene ring substituents is 2. The van der Waals surface area contributed by atoms with Gasteiger partial charge >= 0.3 is 0 Å². The van der Waals surface area contributed by atoms with Crippen molar-refractivity contribution in [2.45, 2.75) is 18.8 Å². The molecule has 0 aromatic heterocycles. The Balaban J connectivity index is 1.62. The molecule has 2 aliphatic rings. The van der Waals surface area contributed by atoms with Gasteiger partial charge in [-0.2, -0.15) is 4.58 Å². The summed E-state index contributed by atoms with van der Waals surface area (Å²) < 4.78 is 8.16. The van der Waals surface area contributed by atoms with Gasteiger partial charge in [0.25, 0.3) is 11.4 Å². The maximum Gasteiger partial charge on any atom is 0.270 e. The molecule has 3 aromatic carbocycles. The molecular formula is C26H23N4O5+. The minimum atomic E-state index is -0.655. The third-order valence-electron chi connectivity index (χ3n) is 6.81. The standard InChI is InChI=1S/C26H23N4O5/c1-26(16-17-8-10-18(11-9-17)29(31)32)20-14-19(30(33)34)12-13-21(20)27(2)24(26)15-25-28(3)22-6-4-5-7-23(22)35-25/h4-15H,16H2,1-3H3/q+1. The van der Waals surface area contributed by atoms with E-state index in [1.807, 2.05) is 60.8 Å². The summed E-state index contributed by atoms with van der Waals surface area (Å²) in [4.78, 5) is 23.8. The minimum absolute atomic E-state index is 0.0163. The fourth-order valence-electron chi connectivity index (χ4n) is 4.96. The van der Waals surface area contributed by atoms with Gasteiger partial charge in [0.05, 0.1) is 27.0 Å². The molecule has 0 bridgehead atoms. The predicted molar refractivity (Wildman–Crippen MR) is 132 cm³/mol. The summed E-state index contributed by atoms with van der Waals surface area (Å²) in [7, 11) is 3.86. The van der Waals surface area contributed by atoms with Crippen molar-refractivity contribution in [3.05, 3.63) is 110 Å². The van der Waals surface area contributed by atoms with Crippen molar-refractivity contribution in [1.29, 1.82) is 0 Å². The van der Waals surface area contributed by atoms with Gasteiger partial charge in [0.1, 0.15) is 7.05 Å². The van der Waals surface area contributed by atoms with E-state index in [1.165, 1.54) is 18.2 Å². The topological polar surface area (TPSA) is 102 Å². The van der Waals surface area contributed by atoms with Gasteiger partial charge in [-0.15, -0.1) is 0 Å². The lowest BCUT2D eigenvalue weighted by Gasteiger charge is -2.23. The molecule has 1 unspecified atom stereocenters. The number of hydrogen-bond acceptors (Lipinski definition) is 6. The zero-order chi connectivity index (χ0) is 24.9. The van der Waals surface area contributed by atoms with Crippen LogP contribution in [0.4, 0.5) is 22.7 Å². The van der Waals surface area contributed by atoms with E-state index in [4.69, 9.17) is 4.74 Å². The van der Waals surface area contributed by atoms with Gasteiger partial charge in [-0.1, -0.05) is 24.3 Å². The van der Waals surface area contributed by atoms with E-state index in [-0.39, 0.29) is 11.4 Å². The van der Waals surface area contributed by atoms with Crippen LogP contribution in [0.5, 0.6) is 5.75 Å². The first-order valence-corrected chi connectivity index (χ1v) is 11.0. The van der Waals surface area contributed by atoms with Crippen LogP contribution in [0.15, 0.2) is 78.7 Å². The molecule has 2 heterocycles. The summed E-state index contributed by atoms with van der Waals surface area (Å²) in [5.74, 6) is 1.40. The lowest BCUT2D eigenvalue weighted by molar-refractivity contribution is -0.402. The lowest BCUT2D eigenvalue weighted by Crippen LogP contribution is -2.34. The molecule has 9 heteroatoms. The van der Waals surface area contributed by atoms with E-state index in [2.05, 4.69) is 0 Å².